The second kappa shape index (κ2) is 6.92. The highest BCUT2D eigenvalue weighted by Crippen LogP contribution is 2.35. The van der Waals surface area contributed by atoms with E-state index in [0.717, 1.165) is 24.6 Å². The Hall–Kier alpha value is -0.880. The van der Waals surface area contributed by atoms with Crippen LogP contribution in [0.4, 0.5) is 18.9 Å². The van der Waals surface area contributed by atoms with E-state index in [0.29, 0.717) is 17.7 Å². The molecule has 1 fully saturated rings. The molecule has 2 rings (SSSR count). The molecule has 1 aliphatic rings. The Morgan fingerprint density at radius 1 is 1.29 bits per heavy atom. The van der Waals surface area contributed by atoms with Crippen LogP contribution in [0.5, 0.6) is 0 Å². The van der Waals surface area contributed by atoms with Crippen LogP contribution in [0.1, 0.15) is 24.5 Å². The fourth-order valence-corrected chi connectivity index (χ4v) is 3.35. The molecular formula is C15H21F3N2S. The van der Waals surface area contributed by atoms with E-state index in [1.165, 1.54) is 6.07 Å². The Balaban J connectivity index is 2.30. The number of alkyl halides is 3. The van der Waals surface area contributed by atoms with Crippen molar-refractivity contribution >= 4 is 17.4 Å². The maximum Gasteiger partial charge on any atom is 0.416 e. The standard InChI is InChI=1S/C15H21F3N2S/c1-2-12(19)9-11-3-4-13(10-14(11)15(16,17)18)20-5-7-21-8-6-20/h3-4,10,12H,2,5-9,19H2,1H3. The molecule has 2 N–H and O–H groups in total. The minimum atomic E-state index is -4.33. The number of hydrogen-bond donors (Lipinski definition) is 1. The number of rotatable bonds is 4. The van der Waals surface area contributed by atoms with Crippen molar-refractivity contribution < 1.29 is 13.2 Å². The zero-order valence-electron chi connectivity index (χ0n) is 12.1. The Bertz CT molecular complexity index is 470. The van der Waals surface area contributed by atoms with Gasteiger partial charge in [-0.3, -0.25) is 0 Å². The molecular weight excluding hydrogens is 297 g/mol. The van der Waals surface area contributed by atoms with Crippen LogP contribution in [-0.4, -0.2) is 30.6 Å². The van der Waals surface area contributed by atoms with Gasteiger partial charge in [-0.15, -0.1) is 0 Å². The molecule has 0 spiro atoms. The molecule has 2 nitrogen and oxygen atoms in total. The van der Waals surface area contributed by atoms with Gasteiger partial charge in [0.25, 0.3) is 0 Å². The highest BCUT2D eigenvalue weighted by atomic mass is 32.2. The van der Waals surface area contributed by atoms with Crippen LogP contribution in [0.3, 0.4) is 0 Å². The van der Waals surface area contributed by atoms with Gasteiger partial charge in [-0.1, -0.05) is 13.0 Å². The first-order valence-electron chi connectivity index (χ1n) is 7.20. The van der Waals surface area contributed by atoms with Crippen molar-refractivity contribution in [2.75, 3.05) is 29.5 Å². The van der Waals surface area contributed by atoms with E-state index in [1.54, 1.807) is 12.1 Å². The number of halogens is 3. The smallest absolute Gasteiger partial charge is 0.370 e. The first-order chi connectivity index (χ1) is 9.91. The number of benzene rings is 1. The third-order valence-electron chi connectivity index (χ3n) is 3.78. The zero-order valence-corrected chi connectivity index (χ0v) is 12.9. The van der Waals surface area contributed by atoms with E-state index in [9.17, 15) is 13.2 Å². The van der Waals surface area contributed by atoms with Crippen molar-refractivity contribution in [3.8, 4) is 0 Å². The Morgan fingerprint density at radius 2 is 1.95 bits per heavy atom. The molecule has 21 heavy (non-hydrogen) atoms. The van der Waals surface area contributed by atoms with Crippen molar-refractivity contribution in [2.24, 2.45) is 5.73 Å². The summed E-state index contributed by atoms with van der Waals surface area (Å²) in [5, 5.41) is 0. The van der Waals surface area contributed by atoms with E-state index >= 15 is 0 Å². The number of nitrogens with two attached hydrogens (primary N) is 1. The van der Waals surface area contributed by atoms with Crippen LogP contribution in [-0.2, 0) is 12.6 Å². The molecule has 1 aromatic rings. The normalized spacial score (nSPS) is 17.9. The Kier molecular flexibility index (Phi) is 5.43. The van der Waals surface area contributed by atoms with Gasteiger partial charge in [-0.05, 0) is 30.5 Å². The van der Waals surface area contributed by atoms with E-state index in [1.807, 2.05) is 23.6 Å². The minimum absolute atomic E-state index is 0.233. The highest BCUT2D eigenvalue weighted by Gasteiger charge is 2.34. The van der Waals surface area contributed by atoms with Gasteiger partial charge < -0.3 is 10.6 Å². The maximum atomic E-state index is 13.3. The quantitative estimate of drug-likeness (QED) is 0.921. The van der Waals surface area contributed by atoms with Gasteiger partial charge in [0.1, 0.15) is 0 Å². The van der Waals surface area contributed by atoms with Crippen LogP contribution in [0.15, 0.2) is 18.2 Å². The molecule has 1 unspecified atom stereocenters. The van der Waals surface area contributed by atoms with Crippen LogP contribution in [0, 0.1) is 0 Å². The molecule has 0 aliphatic carbocycles. The first-order valence-corrected chi connectivity index (χ1v) is 8.35. The highest BCUT2D eigenvalue weighted by molar-refractivity contribution is 7.99. The van der Waals surface area contributed by atoms with Crippen LogP contribution in [0.2, 0.25) is 0 Å². The molecule has 1 atom stereocenters. The number of hydrogen-bond acceptors (Lipinski definition) is 3. The van der Waals surface area contributed by atoms with Gasteiger partial charge >= 0.3 is 6.18 Å². The summed E-state index contributed by atoms with van der Waals surface area (Å²) in [5.74, 6) is 1.92. The van der Waals surface area contributed by atoms with Crippen molar-refractivity contribution in [1.82, 2.24) is 0 Å². The van der Waals surface area contributed by atoms with E-state index in [-0.39, 0.29) is 12.5 Å². The van der Waals surface area contributed by atoms with Crippen LogP contribution >= 0.6 is 11.8 Å². The van der Waals surface area contributed by atoms with Crippen molar-refractivity contribution in [1.29, 1.82) is 0 Å². The van der Waals surface area contributed by atoms with Crippen LogP contribution in [0.25, 0.3) is 0 Å². The fraction of sp³-hybridized carbons (Fsp3) is 0.600. The van der Waals surface area contributed by atoms with Gasteiger partial charge in [0.15, 0.2) is 0 Å². The van der Waals surface area contributed by atoms with Gasteiger partial charge in [0.2, 0.25) is 0 Å². The van der Waals surface area contributed by atoms with Crippen LogP contribution < -0.4 is 10.6 Å². The molecule has 0 bridgehead atoms. The molecule has 1 aliphatic heterocycles. The lowest BCUT2D eigenvalue weighted by Crippen LogP contribution is -2.32. The second-order valence-corrected chi connectivity index (χ2v) is 6.54. The molecule has 1 saturated heterocycles. The first kappa shape index (κ1) is 16.5. The SMILES string of the molecule is CCC(N)Cc1ccc(N2CCSCC2)cc1C(F)(F)F. The molecule has 6 heteroatoms. The lowest BCUT2D eigenvalue weighted by Gasteiger charge is -2.29. The average Bonchev–Trinajstić information content (AvgIpc) is 2.47. The summed E-state index contributed by atoms with van der Waals surface area (Å²) >= 11 is 1.84. The molecule has 1 heterocycles. The summed E-state index contributed by atoms with van der Waals surface area (Å²) in [7, 11) is 0. The van der Waals surface area contributed by atoms with Crippen molar-refractivity contribution in [3.63, 3.8) is 0 Å². The number of nitrogens with zero attached hydrogens (tertiary/aromatic N) is 1. The third kappa shape index (κ3) is 4.30. The maximum absolute atomic E-state index is 13.3. The predicted octanol–water partition coefficient (Wildman–Crippen LogP) is 3.54. The lowest BCUT2D eigenvalue weighted by atomic mass is 9.98. The summed E-state index contributed by atoms with van der Waals surface area (Å²) in [6.07, 6.45) is -3.40. The largest absolute Gasteiger partial charge is 0.416 e. The summed E-state index contributed by atoms with van der Waals surface area (Å²) in [6.45, 7) is 3.49. The fourth-order valence-electron chi connectivity index (χ4n) is 2.45. The second-order valence-electron chi connectivity index (χ2n) is 5.31. The van der Waals surface area contributed by atoms with E-state index in [4.69, 9.17) is 5.73 Å². The van der Waals surface area contributed by atoms with Gasteiger partial charge in [-0.2, -0.15) is 24.9 Å². The lowest BCUT2D eigenvalue weighted by molar-refractivity contribution is -0.138. The Morgan fingerprint density at radius 3 is 2.52 bits per heavy atom. The topological polar surface area (TPSA) is 29.3 Å². The van der Waals surface area contributed by atoms with Gasteiger partial charge in [0.05, 0.1) is 5.56 Å². The summed E-state index contributed by atoms with van der Waals surface area (Å²) in [6, 6.07) is 4.44. The monoisotopic (exact) mass is 318 g/mol. The van der Waals surface area contributed by atoms with E-state index in [2.05, 4.69) is 0 Å². The number of thioether (sulfide) groups is 1. The molecule has 1 aromatic carbocycles. The van der Waals surface area contributed by atoms with Crippen molar-refractivity contribution in [2.45, 2.75) is 32.0 Å². The molecule has 0 amide bonds. The third-order valence-corrected chi connectivity index (χ3v) is 4.72. The minimum Gasteiger partial charge on any atom is -0.370 e. The Labute approximate surface area is 127 Å². The summed E-state index contributed by atoms with van der Waals surface area (Å²) in [4.78, 5) is 2.02. The van der Waals surface area contributed by atoms with Gasteiger partial charge in [0, 0.05) is 36.3 Å². The van der Waals surface area contributed by atoms with Gasteiger partial charge in [-0.25, -0.2) is 0 Å². The molecule has 0 saturated carbocycles. The van der Waals surface area contributed by atoms with Crippen molar-refractivity contribution in [3.05, 3.63) is 29.3 Å². The zero-order chi connectivity index (χ0) is 15.5. The van der Waals surface area contributed by atoms with E-state index < -0.39 is 11.7 Å². The molecule has 118 valence electrons. The predicted molar refractivity (Wildman–Crippen MR) is 83.0 cm³/mol. The summed E-state index contributed by atoms with van der Waals surface area (Å²) in [5.41, 5.74) is 6.24. The molecule has 0 aromatic heterocycles. The number of anilines is 1. The average molecular weight is 318 g/mol. The molecule has 0 radical (unpaired) electrons. The summed E-state index contributed by atoms with van der Waals surface area (Å²) < 4.78 is 39.9.